The standard InChI is InChI=1S/C17H20N4/c1-12-8-13-4-2-3-5-14(13)10-21(12)17-9-16(18-11-19-17)20-15-6-7-15/h2-5,9,11-12,15H,6-8,10H2,1H3,(H,18,19,20)/t12-/m1/s1. The third kappa shape index (κ3) is 2.58. The number of benzene rings is 1. The van der Waals surface area contributed by atoms with E-state index in [4.69, 9.17) is 0 Å². The van der Waals surface area contributed by atoms with Gasteiger partial charge in [-0.2, -0.15) is 0 Å². The summed E-state index contributed by atoms with van der Waals surface area (Å²) in [5.41, 5.74) is 2.87. The van der Waals surface area contributed by atoms with Crippen molar-refractivity contribution in [2.75, 3.05) is 10.2 Å². The van der Waals surface area contributed by atoms with Gasteiger partial charge in [-0.25, -0.2) is 9.97 Å². The summed E-state index contributed by atoms with van der Waals surface area (Å²) in [5.74, 6) is 1.98. The molecule has 0 bridgehead atoms. The van der Waals surface area contributed by atoms with E-state index in [1.807, 2.05) is 0 Å². The van der Waals surface area contributed by atoms with Gasteiger partial charge >= 0.3 is 0 Å². The van der Waals surface area contributed by atoms with Crippen LogP contribution in [0.5, 0.6) is 0 Å². The molecule has 0 amide bonds. The molecule has 1 aromatic heterocycles. The zero-order valence-electron chi connectivity index (χ0n) is 12.3. The van der Waals surface area contributed by atoms with E-state index in [2.05, 4.69) is 57.4 Å². The van der Waals surface area contributed by atoms with Crippen molar-refractivity contribution in [3.8, 4) is 0 Å². The van der Waals surface area contributed by atoms with Crippen LogP contribution in [0.3, 0.4) is 0 Å². The molecule has 2 aliphatic rings. The van der Waals surface area contributed by atoms with E-state index in [9.17, 15) is 0 Å². The second kappa shape index (κ2) is 5.02. The molecule has 4 rings (SSSR count). The summed E-state index contributed by atoms with van der Waals surface area (Å²) >= 11 is 0. The number of anilines is 2. The number of nitrogens with zero attached hydrogens (tertiary/aromatic N) is 3. The Morgan fingerprint density at radius 2 is 1.95 bits per heavy atom. The molecule has 4 nitrogen and oxygen atoms in total. The first kappa shape index (κ1) is 12.6. The Morgan fingerprint density at radius 3 is 2.76 bits per heavy atom. The molecule has 1 N–H and O–H groups in total. The molecule has 0 radical (unpaired) electrons. The molecule has 1 aliphatic carbocycles. The Balaban J connectivity index is 1.60. The Hall–Kier alpha value is -2.10. The molecular weight excluding hydrogens is 260 g/mol. The van der Waals surface area contributed by atoms with Gasteiger partial charge in [-0.1, -0.05) is 24.3 Å². The lowest BCUT2D eigenvalue weighted by molar-refractivity contribution is 0.586. The lowest BCUT2D eigenvalue weighted by atomic mass is 9.95. The summed E-state index contributed by atoms with van der Waals surface area (Å²) in [5, 5.41) is 3.45. The summed E-state index contributed by atoms with van der Waals surface area (Å²) in [6, 6.07) is 11.9. The van der Waals surface area contributed by atoms with Gasteiger partial charge < -0.3 is 10.2 Å². The van der Waals surface area contributed by atoms with Gasteiger partial charge in [0, 0.05) is 24.7 Å². The van der Waals surface area contributed by atoms with Gasteiger partial charge in [0.1, 0.15) is 18.0 Å². The maximum absolute atomic E-state index is 4.49. The van der Waals surface area contributed by atoms with Gasteiger partial charge in [0.25, 0.3) is 0 Å². The Kier molecular flexibility index (Phi) is 3.02. The quantitative estimate of drug-likeness (QED) is 0.938. The zero-order valence-corrected chi connectivity index (χ0v) is 12.3. The van der Waals surface area contributed by atoms with Crippen molar-refractivity contribution < 1.29 is 0 Å². The third-order valence-electron chi connectivity index (χ3n) is 4.38. The van der Waals surface area contributed by atoms with Crippen LogP contribution in [0.2, 0.25) is 0 Å². The molecule has 4 heteroatoms. The average molecular weight is 280 g/mol. The van der Waals surface area contributed by atoms with Crippen LogP contribution in [-0.2, 0) is 13.0 Å². The zero-order chi connectivity index (χ0) is 14.2. The highest BCUT2D eigenvalue weighted by atomic mass is 15.2. The van der Waals surface area contributed by atoms with Crippen LogP contribution in [0.15, 0.2) is 36.7 Å². The van der Waals surface area contributed by atoms with Crippen LogP contribution >= 0.6 is 0 Å². The first-order chi connectivity index (χ1) is 10.3. The van der Waals surface area contributed by atoms with Gasteiger partial charge in [-0.3, -0.25) is 0 Å². The van der Waals surface area contributed by atoms with Crippen LogP contribution in [-0.4, -0.2) is 22.1 Å². The van der Waals surface area contributed by atoms with Crippen molar-refractivity contribution in [3.05, 3.63) is 47.8 Å². The summed E-state index contributed by atoms with van der Waals surface area (Å²) < 4.78 is 0. The molecule has 2 heterocycles. The van der Waals surface area contributed by atoms with E-state index >= 15 is 0 Å². The minimum atomic E-state index is 0.462. The van der Waals surface area contributed by atoms with E-state index in [-0.39, 0.29) is 0 Å². The smallest absolute Gasteiger partial charge is 0.134 e. The number of rotatable bonds is 3. The highest BCUT2D eigenvalue weighted by Gasteiger charge is 2.25. The second-order valence-electron chi connectivity index (χ2n) is 6.13. The minimum absolute atomic E-state index is 0.462. The van der Waals surface area contributed by atoms with Crippen LogP contribution in [0.1, 0.15) is 30.9 Å². The second-order valence-corrected chi connectivity index (χ2v) is 6.13. The SMILES string of the molecule is C[C@@H]1Cc2ccccc2CN1c1cc(NC2CC2)ncn1. The summed E-state index contributed by atoms with van der Waals surface area (Å²) in [6.45, 7) is 3.20. The Morgan fingerprint density at radius 1 is 1.14 bits per heavy atom. The number of aromatic nitrogens is 2. The molecule has 0 saturated heterocycles. The molecule has 1 atom stereocenters. The first-order valence-corrected chi connectivity index (χ1v) is 7.71. The van der Waals surface area contributed by atoms with Crippen molar-refractivity contribution >= 4 is 11.6 Å². The normalized spacial score (nSPS) is 21.0. The maximum Gasteiger partial charge on any atom is 0.134 e. The molecule has 1 aliphatic heterocycles. The fraction of sp³-hybridized carbons (Fsp3) is 0.412. The number of hydrogen-bond donors (Lipinski definition) is 1. The van der Waals surface area contributed by atoms with Gasteiger partial charge in [0.15, 0.2) is 0 Å². The molecule has 21 heavy (non-hydrogen) atoms. The summed E-state index contributed by atoms with van der Waals surface area (Å²) in [4.78, 5) is 11.2. The summed E-state index contributed by atoms with van der Waals surface area (Å²) in [6.07, 6.45) is 5.26. The molecule has 0 unspecified atom stereocenters. The third-order valence-corrected chi connectivity index (χ3v) is 4.38. The van der Waals surface area contributed by atoms with Gasteiger partial charge in [-0.15, -0.1) is 0 Å². The summed E-state index contributed by atoms with van der Waals surface area (Å²) in [7, 11) is 0. The van der Waals surface area contributed by atoms with Crippen molar-refractivity contribution in [1.29, 1.82) is 0 Å². The topological polar surface area (TPSA) is 41.0 Å². The van der Waals surface area contributed by atoms with E-state index in [0.717, 1.165) is 24.6 Å². The minimum Gasteiger partial charge on any atom is -0.367 e. The molecule has 1 saturated carbocycles. The molecule has 1 fully saturated rings. The average Bonchev–Trinajstić information content (AvgIpc) is 3.31. The lowest BCUT2D eigenvalue weighted by Crippen LogP contribution is -2.38. The van der Waals surface area contributed by atoms with Crippen LogP contribution < -0.4 is 10.2 Å². The molecule has 0 spiro atoms. The fourth-order valence-electron chi connectivity index (χ4n) is 3.01. The number of hydrogen-bond acceptors (Lipinski definition) is 4. The van der Waals surface area contributed by atoms with E-state index in [0.29, 0.717) is 12.1 Å². The largest absolute Gasteiger partial charge is 0.367 e. The van der Waals surface area contributed by atoms with Crippen molar-refractivity contribution in [1.82, 2.24) is 9.97 Å². The van der Waals surface area contributed by atoms with E-state index in [1.165, 1.54) is 24.0 Å². The van der Waals surface area contributed by atoms with E-state index in [1.54, 1.807) is 6.33 Å². The Bertz CT molecular complexity index is 651. The maximum atomic E-state index is 4.49. The highest BCUT2D eigenvalue weighted by Crippen LogP contribution is 2.29. The van der Waals surface area contributed by atoms with Gasteiger partial charge in [0.2, 0.25) is 0 Å². The van der Waals surface area contributed by atoms with Crippen molar-refractivity contribution in [2.45, 2.75) is 44.8 Å². The van der Waals surface area contributed by atoms with Crippen LogP contribution in [0, 0.1) is 0 Å². The first-order valence-electron chi connectivity index (χ1n) is 7.71. The van der Waals surface area contributed by atoms with Crippen LogP contribution in [0.25, 0.3) is 0 Å². The van der Waals surface area contributed by atoms with Crippen molar-refractivity contribution in [3.63, 3.8) is 0 Å². The molecular formula is C17H20N4. The number of nitrogens with one attached hydrogen (secondary N) is 1. The molecule has 108 valence electrons. The lowest BCUT2D eigenvalue weighted by Gasteiger charge is -2.35. The van der Waals surface area contributed by atoms with Crippen LogP contribution in [0.4, 0.5) is 11.6 Å². The highest BCUT2D eigenvalue weighted by molar-refractivity contribution is 5.52. The number of fused-ring (bicyclic) bond motifs is 1. The monoisotopic (exact) mass is 280 g/mol. The van der Waals surface area contributed by atoms with Gasteiger partial charge in [0.05, 0.1) is 0 Å². The fourth-order valence-corrected chi connectivity index (χ4v) is 3.01. The van der Waals surface area contributed by atoms with E-state index < -0.39 is 0 Å². The molecule has 1 aromatic carbocycles. The van der Waals surface area contributed by atoms with Crippen molar-refractivity contribution in [2.24, 2.45) is 0 Å². The predicted octanol–water partition coefficient (Wildman–Crippen LogP) is 3.00. The predicted molar refractivity (Wildman–Crippen MR) is 84.5 cm³/mol. The van der Waals surface area contributed by atoms with Gasteiger partial charge in [-0.05, 0) is 37.3 Å². The molecule has 2 aromatic rings. The Labute approximate surface area is 125 Å².